The Hall–Kier alpha value is -3.78. The molecule has 5 rings (SSSR count). The van der Waals surface area contributed by atoms with E-state index in [1.165, 1.54) is 16.9 Å². The Morgan fingerprint density at radius 1 is 0.903 bits per heavy atom. The van der Waals surface area contributed by atoms with Gasteiger partial charge in [0, 0.05) is 22.6 Å². The van der Waals surface area contributed by atoms with Gasteiger partial charge < -0.3 is 10.1 Å². The van der Waals surface area contributed by atoms with Crippen molar-refractivity contribution in [3.8, 4) is 28.3 Å². The number of methoxy groups -OCH3 is 1. The molecule has 3 aromatic heterocycles. The molecule has 0 aliphatic rings. The van der Waals surface area contributed by atoms with Crippen molar-refractivity contribution >= 4 is 28.1 Å². The van der Waals surface area contributed by atoms with Gasteiger partial charge in [-0.25, -0.2) is 14.5 Å². The zero-order valence-electron chi connectivity index (χ0n) is 17.3. The van der Waals surface area contributed by atoms with Gasteiger partial charge in [0.25, 0.3) is 0 Å². The summed E-state index contributed by atoms with van der Waals surface area (Å²) in [6.07, 6.45) is 0. The second-order valence-corrected chi connectivity index (χ2v) is 7.99. The second kappa shape index (κ2) is 7.81. The fraction of sp³-hybridized carbons (Fsp3) is 0.130. The number of aromatic nitrogens is 5. The van der Waals surface area contributed by atoms with Crippen LogP contribution in [0.1, 0.15) is 11.4 Å². The van der Waals surface area contributed by atoms with Gasteiger partial charge in [0.1, 0.15) is 17.4 Å². The topological polar surface area (TPSA) is 77.2 Å². The van der Waals surface area contributed by atoms with Crippen LogP contribution in [0, 0.1) is 13.8 Å². The summed E-state index contributed by atoms with van der Waals surface area (Å²) in [4.78, 5) is 14.5. The van der Waals surface area contributed by atoms with Crippen molar-refractivity contribution in [3.63, 3.8) is 0 Å². The van der Waals surface area contributed by atoms with Crippen molar-refractivity contribution in [3.05, 3.63) is 71.4 Å². The summed E-state index contributed by atoms with van der Waals surface area (Å²) in [6, 6.07) is 18.1. The third kappa shape index (κ3) is 3.85. The summed E-state index contributed by atoms with van der Waals surface area (Å²) < 4.78 is 7.08. The number of hydrogen-bond acceptors (Lipinski definition) is 7. The lowest BCUT2D eigenvalue weighted by Crippen LogP contribution is -2.00. The van der Waals surface area contributed by atoms with E-state index in [4.69, 9.17) is 4.74 Å². The van der Waals surface area contributed by atoms with Crippen LogP contribution in [0.25, 0.3) is 27.5 Å². The fourth-order valence-corrected chi connectivity index (χ4v) is 4.14. The molecule has 31 heavy (non-hydrogen) atoms. The number of rotatable bonds is 5. The number of thiazole rings is 1. The number of fused-ring (bicyclic) bond motifs is 1. The summed E-state index contributed by atoms with van der Waals surface area (Å²) in [5.41, 5.74) is 5.13. The van der Waals surface area contributed by atoms with E-state index >= 15 is 0 Å². The van der Waals surface area contributed by atoms with Crippen LogP contribution < -0.4 is 10.1 Å². The minimum atomic E-state index is 0.495. The number of aryl methyl sites for hydroxylation is 2. The van der Waals surface area contributed by atoms with E-state index in [0.29, 0.717) is 17.6 Å². The van der Waals surface area contributed by atoms with Crippen LogP contribution in [0.4, 0.5) is 11.8 Å². The van der Waals surface area contributed by atoms with Crippen LogP contribution in [-0.4, -0.2) is 31.7 Å². The molecule has 3 heterocycles. The molecule has 0 bridgehead atoms. The van der Waals surface area contributed by atoms with Gasteiger partial charge in [-0.1, -0.05) is 29.8 Å². The van der Waals surface area contributed by atoms with Gasteiger partial charge in [-0.2, -0.15) is 4.98 Å². The molecule has 1 N–H and O–H groups in total. The zero-order chi connectivity index (χ0) is 21.4. The molecule has 154 valence electrons. The average molecular weight is 429 g/mol. The van der Waals surface area contributed by atoms with Crippen LogP contribution in [0.2, 0.25) is 0 Å². The van der Waals surface area contributed by atoms with Crippen LogP contribution in [-0.2, 0) is 0 Å². The van der Waals surface area contributed by atoms with Crippen molar-refractivity contribution in [2.75, 3.05) is 12.4 Å². The Kier molecular flexibility index (Phi) is 4.83. The van der Waals surface area contributed by atoms with Crippen LogP contribution in [0.3, 0.4) is 0 Å². The Balaban J connectivity index is 1.45. The highest BCUT2D eigenvalue weighted by molar-refractivity contribution is 7.15. The SMILES string of the molecule is COc1ccc(-c2csc3nc(Nc4cc(-c5ccc(C)cc5)nc(C)n4)nn23)cc1. The molecule has 0 saturated carbocycles. The van der Waals surface area contributed by atoms with Crippen molar-refractivity contribution in [1.82, 2.24) is 24.6 Å². The maximum atomic E-state index is 5.25. The number of benzene rings is 2. The predicted octanol–water partition coefficient (Wildman–Crippen LogP) is 5.28. The predicted molar refractivity (Wildman–Crippen MR) is 123 cm³/mol. The zero-order valence-corrected chi connectivity index (χ0v) is 18.1. The average Bonchev–Trinajstić information content (AvgIpc) is 3.34. The third-order valence-electron chi connectivity index (χ3n) is 4.89. The molecule has 8 heteroatoms. The highest BCUT2D eigenvalue weighted by Gasteiger charge is 2.13. The summed E-state index contributed by atoms with van der Waals surface area (Å²) in [5, 5.41) is 9.92. The van der Waals surface area contributed by atoms with E-state index in [2.05, 4.69) is 56.6 Å². The van der Waals surface area contributed by atoms with Crippen LogP contribution in [0.5, 0.6) is 5.75 Å². The van der Waals surface area contributed by atoms with E-state index in [1.54, 1.807) is 7.11 Å². The van der Waals surface area contributed by atoms with Crippen molar-refractivity contribution in [1.29, 1.82) is 0 Å². The fourth-order valence-electron chi connectivity index (χ4n) is 3.31. The lowest BCUT2D eigenvalue weighted by atomic mass is 10.1. The molecule has 0 aliphatic heterocycles. The Morgan fingerprint density at radius 3 is 2.39 bits per heavy atom. The quantitative estimate of drug-likeness (QED) is 0.410. The molecular formula is C23H20N6OS. The molecule has 0 radical (unpaired) electrons. The summed E-state index contributed by atoms with van der Waals surface area (Å²) in [5.74, 6) is 2.65. The number of hydrogen-bond donors (Lipinski definition) is 1. The monoisotopic (exact) mass is 428 g/mol. The van der Waals surface area contributed by atoms with Gasteiger partial charge in [-0.05, 0) is 38.1 Å². The summed E-state index contributed by atoms with van der Waals surface area (Å²) in [7, 11) is 1.66. The lowest BCUT2D eigenvalue weighted by Gasteiger charge is -2.07. The highest BCUT2D eigenvalue weighted by atomic mass is 32.1. The van der Waals surface area contributed by atoms with Crippen molar-refractivity contribution in [2.24, 2.45) is 0 Å². The molecule has 7 nitrogen and oxygen atoms in total. The van der Waals surface area contributed by atoms with E-state index in [9.17, 15) is 0 Å². The Morgan fingerprint density at radius 2 is 1.65 bits per heavy atom. The van der Waals surface area contributed by atoms with Crippen LogP contribution >= 0.6 is 11.3 Å². The van der Waals surface area contributed by atoms with Gasteiger partial charge in [0.15, 0.2) is 0 Å². The Labute approximate surface area is 183 Å². The summed E-state index contributed by atoms with van der Waals surface area (Å²) >= 11 is 1.54. The first-order valence-corrected chi connectivity index (χ1v) is 10.7. The van der Waals surface area contributed by atoms with Gasteiger partial charge in [0.2, 0.25) is 10.9 Å². The van der Waals surface area contributed by atoms with E-state index < -0.39 is 0 Å². The van der Waals surface area contributed by atoms with E-state index in [0.717, 1.165) is 33.2 Å². The van der Waals surface area contributed by atoms with E-state index in [-0.39, 0.29) is 0 Å². The molecule has 5 aromatic rings. The van der Waals surface area contributed by atoms with Crippen molar-refractivity contribution in [2.45, 2.75) is 13.8 Å². The van der Waals surface area contributed by atoms with Gasteiger partial charge in [-0.15, -0.1) is 16.4 Å². The molecule has 2 aromatic carbocycles. The number of nitrogens with zero attached hydrogens (tertiary/aromatic N) is 5. The molecule has 0 spiro atoms. The highest BCUT2D eigenvalue weighted by Crippen LogP contribution is 2.28. The van der Waals surface area contributed by atoms with Crippen LogP contribution in [0.15, 0.2) is 60.0 Å². The van der Waals surface area contributed by atoms with Crippen molar-refractivity contribution < 1.29 is 4.74 Å². The molecule has 0 amide bonds. The minimum absolute atomic E-state index is 0.495. The van der Waals surface area contributed by atoms with E-state index in [1.807, 2.05) is 47.2 Å². The third-order valence-corrected chi connectivity index (χ3v) is 5.71. The molecule has 0 fully saturated rings. The maximum Gasteiger partial charge on any atom is 0.249 e. The summed E-state index contributed by atoms with van der Waals surface area (Å²) in [6.45, 7) is 3.95. The first-order chi connectivity index (χ1) is 15.1. The largest absolute Gasteiger partial charge is 0.497 e. The van der Waals surface area contributed by atoms with Gasteiger partial charge in [0.05, 0.1) is 18.5 Å². The minimum Gasteiger partial charge on any atom is -0.497 e. The number of ether oxygens (including phenoxy) is 1. The molecule has 0 atom stereocenters. The first-order valence-electron chi connectivity index (χ1n) is 9.77. The standard InChI is InChI=1S/C23H20N6OS/c1-14-4-6-16(7-5-14)19-12-21(25-15(2)24-19)26-22-27-23-29(28-22)20(13-31-23)17-8-10-18(30-3)11-9-17/h4-13H,1-3H3,(H,24,25,26,28). The van der Waals surface area contributed by atoms with Gasteiger partial charge in [-0.3, -0.25) is 0 Å². The maximum absolute atomic E-state index is 5.25. The molecule has 0 aliphatic carbocycles. The Bertz CT molecular complexity index is 1360. The smallest absolute Gasteiger partial charge is 0.249 e. The molecular weight excluding hydrogens is 408 g/mol. The number of nitrogens with one attached hydrogen (secondary N) is 1. The van der Waals surface area contributed by atoms with Gasteiger partial charge >= 0.3 is 0 Å². The number of anilines is 2. The normalized spacial score (nSPS) is 11.1. The second-order valence-electron chi connectivity index (χ2n) is 7.16. The molecule has 0 unspecified atom stereocenters. The molecule has 0 saturated heterocycles. The lowest BCUT2D eigenvalue weighted by molar-refractivity contribution is 0.415. The first kappa shape index (κ1) is 19.2.